The van der Waals surface area contributed by atoms with Gasteiger partial charge in [0.15, 0.2) is 0 Å². The Morgan fingerprint density at radius 3 is 2.16 bits per heavy atom. The van der Waals surface area contributed by atoms with Crippen molar-refractivity contribution < 1.29 is 18.9 Å². The monoisotopic (exact) mass is 533 g/mol. The quantitative estimate of drug-likeness (QED) is 0.213. The van der Waals surface area contributed by atoms with Gasteiger partial charge in [0.2, 0.25) is 0 Å². The summed E-state index contributed by atoms with van der Waals surface area (Å²) < 4.78 is 15.3. The minimum Gasteiger partial charge on any atom is -0.480 e. The standard InChI is InChI=1S/C28H24ClN3O4S/c29-22-7-5-11-25(18-22)37(36)32-26(27(33)34)16-19-12-14-20(15-13-19)21-6-4-10-24(17-21)31-28(35)30-23-8-2-1-3-9-23/h1-15,17-18,26,32H,16H2,(H,33,34)(H2,30,31,35). The number of nitrogens with one attached hydrogen (secondary N) is 3. The van der Waals surface area contributed by atoms with Crippen molar-refractivity contribution in [3.8, 4) is 11.1 Å². The third-order valence-electron chi connectivity index (χ3n) is 5.44. The molecule has 0 aromatic heterocycles. The van der Waals surface area contributed by atoms with Crippen LogP contribution in [0.3, 0.4) is 0 Å². The maximum Gasteiger partial charge on any atom is 0.323 e. The lowest BCUT2D eigenvalue weighted by molar-refractivity contribution is -0.138. The Kier molecular flexibility index (Phi) is 8.68. The first-order valence-electron chi connectivity index (χ1n) is 11.4. The van der Waals surface area contributed by atoms with Crippen LogP contribution in [-0.4, -0.2) is 27.4 Å². The third kappa shape index (κ3) is 7.50. The Labute approximate surface area is 222 Å². The van der Waals surface area contributed by atoms with Crippen molar-refractivity contribution in [2.45, 2.75) is 17.4 Å². The van der Waals surface area contributed by atoms with Crippen LogP contribution in [0.15, 0.2) is 108 Å². The van der Waals surface area contributed by atoms with E-state index in [-0.39, 0.29) is 12.5 Å². The Morgan fingerprint density at radius 2 is 1.46 bits per heavy atom. The number of rotatable bonds is 9. The zero-order valence-corrected chi connectivity index (χ0v) is 21.1. The third-order valence-corrected chi connectivity index (χ3v) is 6.85. The molecule has 0 radical (unpaired) electrons. The zero-order valence-electron chi connectivity index (χ0n) is 19.6. The first-order chi connectivity index (χ1) is 17.9. The van der Waals surface area contributed by atoms with E-state index in [1.54, 1.807) is 36.4 Å². The highest BCUT2D eigenvalue weighted by Crippen LogP contribution is 2.24. The minimum absolute atomic E-state index is 0.142. The maximum absolute atomic E-state index is 12.6. The second-order valence-corrected chi connectivity index (χ2v) is 9.84. The summed E-state index contributed by atoms with van der Waals surface area (Å²) in [4.78, 5) is 24.5. The molecule has 2 atom stereocenters. The Morgan fingerprint density at radius 1 is 0.784 bits per heavy atom. The van der Waals surface area contributed by atoms with E-state index >= 15 is 0 Å². The van der Waals surface area contributed by atoms with Gasteiger partial charge in [0.25, 0.3) is 0 Å². The molecule has 0 fully saturated rings. The summed E-state index contributed by atoms with van der Waals surface area (Å²) >= 11 is 5.95. The summed E-state index contributed by atoms with van der Waals surface area (Å²) in [5.74, 6) is -1.10. The SMILES string of the molecule is O=C(Nc1ccccc1)Nc1cccc(-c2ccc(CC(NS(=O)c3cccc(Cl)c3)C(=O)O)cc2)c1. The van der Waals surface area contributed by atoms with Gasteiger partial charge in [-0.1, -0.05) is 72.3 Å². The van der Waals surface area contributed by atoms with Crippen LogP contribution >= 0.6 is 11.6 Å². The smallest absolute Gasteiger partial charge is 0.323 e. The molecule has 0 saturated carbocycles. The summed E-state index contributed by atoms with van der Waals surface area (Å²) in [6, 6.07) is 29.1. The summed E-state index contributed by atoms with van der Waals surface area (Å²) in [6.45, 7) is 0. The fourth-order valence-electron chi connectivity index (χ4n) is 3.62. The Balaban J connectivity index is 1.40. The van der Waals surface area contributed by atoms with Gasteiger partial charge in [-0.3, -0.25) is 4.79 Å². The molecule has 7 nitrogen and oxygen atoms in total. The molecule has 2 unspecified atom stereocenters. The van der Waals surface area contributed by atoms with Crippen LogP contribution in [0.1, 0.15) is 5.56 Å². The molecule has 0 saturated heterocycles. The van der Waals surface area contributed by atoms with Crippen molar-refractivity contribution in [2.75, 3.05) is 10.6 Å². The van der Waals surface area contributed by atoms with E-state index in [0.29, 0.717) is 21.3 Å². The number of para-hydroxylation sites is 1. The van der Waals surface area contributed by atoms with Crippen LogP contribution in [0.25, 0.3) is 11.1 Å². The van der Waals surface area contributed by atoms with Gasteiger partial charge in [0.1, 0.15) is 17.0 Å². The van der Waals surface area contributed by atoms with Crippen LogP contribution in [0, 0.1) is 0 Å². The van der Waals surface area contributed by atoms with Gasteiger partial charge in [-0.2, -0.15) is 0 Å². The molecule has 4 N–H and O–H groups in total. The maximum atomic E-state index is 12.6. The van der Waals surface area contributed by atoms with Crippen LogP contribution in [0.4, 0.5) is 16.2 Å². The van der Waals surface area contributed by atoms with Crippen LogP contribution < -0.4 is 15.4 Å². The number of hydrogen-bond acceptors (Lipinski definition) is 3. The van der Waals surface area contributed by atoms with Gasteiger partial charge < -0.3 is 15.7 Å². The van der Waals surface area contributed by atoms with Gasteiger partial charge in [-0.25, -0.2) is 13.7 Å². The zero-order chi connectivity index (χ0) is 26.2. The highest BCUT2D eigenvalue weighted by atomic mass is 35.5. The summed E-state index contributed by atoms with van der Waals surface area (Å²) in [5, 5.41) is 15.7. The van der Waals surface area contributed by atoms with Crippen molar-refractivity contribution in [2.24, 2.45) is 0 Å². The number of carboxylic acid groups (broad SMARTS) is 1. The molecule has 0 aliphatic heterocycles. The molecule has 37 heavy (non-hydrogen) atoms. The number of benzene rings is 4. The van der Waals surface area contributed by atoms with Gasteiger partial charge >= 0.3 is 12.0 Å². The van der Waals surface area contributed by atoms with E-state index in [4.69, 9.17) is 11.6 Å². The average Bonchev–Trinajstić information content (AvgIpc) is 2.89. The fraction of sp³-hybridized carbons (Fsp3) is 0.0714. The van der Waals surface area contributed by atoms with E-state index in [0.717, 1.165) is 16.7 Å². The lowest BCUT2D eigenvalue weighted by atomic mass is 10.0. The number of aliphatic carboxylic acids is 1. The number of urea groups is 1. The highest BCUT2D eigenvalue weighted by Gasteiger charge is 2.21. The molecule has 0 aliphatic rings. The van der Waals surface area contributed by atoms with Gasteiger partial charge in [-0.05, 0) is 65.6 Å². The predicted octanol–water partition coefficient (Wildman–Crippen LogP) is 5.96. The van der Waals surface area contributed by atoms with Crippen molar-refractivity contribution in [3.05, 3.63) is 114 Å². The van der Waals surface area contributed by atoms with Crippen molar-refractivity contribution in [1.82, 2.24) is 4.72 Å². The van der Waals surface area contributed by atoms with E-state index in [1.165, 1.54) is 6.07 Å². The molecule has 0 heterocycles. The van der Waals surface area contributed by atoms with Crippen LogP contribution in [0.2, 0.25) is 5.02 Å². The van der Waals surface area contributed by atoms with E-state index in [1.807, 2.05) is 60.7 Å². The minimum atomic E-state index is -1.73. The molecule has 188 valence electrons. The first-order valence-corrected chi connectivity index (χ1v) is 12.9. The molecule has 0 bridgehead atoms. The largest absolute Gasteiger partial charge is 0.480 e. The number of halogens is 1. The molecule has 2 amide bonds. The lowest BCUT2D eigenvalue weighted by Crippen LogP contribution is -2.39. The average molecular weight is 534 g/mol. The topological polar surface area (TPSA) is 108 Å². The normalized spacial score (nSPS) is 12.4. The van der Waals surface area contributed by atoms with Crippen molar-refractivity contribution in [1.29, 1.82) is 0 Å². The molecular formula is C28H24ClN3O4S. The van der Waals surface area contributed by atoms with Crippen molar-refractivity contribution >= 4 is 46.0 Å². The van der Waals surface area contributed by atoms with Gasteiger partial charge in [-0.15, -0.1) is 0 Å². The molecule has 0 aliphatic carbocycles. The second-order valence-electron chi connectivity index (χ2n) is 8.16. The predicted molar refractivity (Wildman–Crippen MR) is 147 cm³/mol. The highest BCUT2D eigenvalue weighted by molar-refractivity contribution is 7.83. The summed E-state index contributed by atoms with van der Waals surface area (Å²) in [7, 11) is -1.73. The number of hydrogen-bond donors (Lipinski definition) is 4. The Hall–Kier alpha value is -3.98. The van der Waals surface area contributed by atoms with Gasteiger partial charge in [0.05, 0.1) is 4.90 Å². The summed E-state index contributed by atoms with van der Waals surface area (Å²) in [5.41, 5.74) is 3.88. The number of carbonyl (C=O) groups excluding carboxylic acids is 1. The number of carbonyl (C=O) groups is 2. The Bertz CT molecular complexity index is 1410. The number of carboxylic acids is 1. The molecule has 9 heteroatoms. The number of amides is 2. The number of anilines is 2. The van der Waals surface area contributed by atoms with Crippen LogP contribution in [-0.2, 0) is 22.2 Å². The first kappa shape index (κ1) is 26.1. The van der Waals surface area contributed by atoms with E-state index in [2.05, 4.69) is 15.4 Å². The fourth-order valence-corrected chi connectivity index (χ4v) is 4.89. The molecule has 0 spiro atoms. The lowest BCUT2D eigenvalue weighted by Gasteiger charge is -2.15. The molecule has 4 aromatic rings. The second kappa shape index (κ2) is 12.3. The molecule has 4 aromatic carbocycles. The molecule has 4 rings (SSSR count). The summed E-state index contributed by atoms with van der Waals surface area (Å²) in [6.07, 6.45) is 0.142. The van der Waals surface area contributed by atoms with E-state index in [9.17, 15) is 18.9 Å². The van der Waals surface area contributed by atoms with Crippen LogP contribution in [0.5, 0.6) is 0 Å². The van der Waals surface area contributed by atoms with Gasteiger partial charge in [0, 0.05) is 16.4 Å². The molecular weight excluding hydrogens is 510 g/mol. The van der Waals surface area contributed by atoms with Crippen molar-refractivity contribution in [3.63, 3.8) is 0 Å². The van der Waals surface area contributed by atoms with E-state index < -0.39 is 23.0 Å².